The summed E-state index contributed by atoms with van der Waals surface area (Å²) >= 11 is 3.39. The summed E-state index contributed by atoms with van der Waals surface area (Å²) in [5.74, 6) is -0.0320. The molecule has 0 radical (unpaired) electrons. The molecule has 3 nitrogen and oxygen atoms in total. The molecule has 0 saturated heterocycles. The summed E-state index contributed by atoms with van der Waals surface area (Å²) in [4.78, 5) is 11.8. The van der Waals surface area contributed by atoms with Gasteiger partial charge >= 0.3 is 0 Å². The number of hydrogen-bond acceptors (Lipinski definition) is 2. The van der Waals surface area contributed by atoms with Crippen molar-refractivity contribution >= 4 is 21.8 Å². The number of aliphatic hydroxyl groups excluding tert-OH is 1. The molecule has 0 bridgehead atoms. The van der Waals surface area contributed by atoms with Gasteiger partial charge in [0.25, 0.3) is 0 Å². The van der Waals surface area contributed by atoms with E-state index in [4.69, 9.17) is 0 Å². The maximum atomic E-state index is 11.8. The van der Waals surface area contributed by atoms with E-state index in [1.165, 1.54) is 0 Å². The van der Waals surface area contributed by atoms with E-state index >= 15 is 0 Å². The summed E-state index contributed by atoms with van der Waals surface area (Å²) < 4.78 is -0.380. The summed E-state index contributed by atoms with van der Waals surface area (Å²) in [5.41, 5.74) is 0.926. The first kappa shape index (κ1) is 11.6. The lowest BCUT2D eigenvalue weighted by Crippen LogP contribution is -2.37. The molecule has 1 aliphatic carbocycles. The van der Waals surface area contributed by atoms with Gasteiger partial charge in [-0.25, -0.2) is 0 Å². The number of amides is 1. The number of alkyl halides is 1. The molecule has 1 fully saturated rings. The Morgan fingerprint density at radius 3 is 2.56 bits per heavy atom. The number of hydrogen-bond donors (Lipinski definition) is 2. The topological polar surface area (TPSA) is 49.3 Å². The standard InChI is InChI=1S/C12H14BrNO2/c13-12(6-7-12)11(16)14-10(8-15)9-4-2-1-3-5-9/h1-5,10,15H,6-8H2,(H,14,16)/t10-/m0/s1. The number of rotatable bonds is 4. The van der Waals surface area contributed by atoms with E-state index in [1.807, 2.05) is 30.3 Å². The van der Waals surface area contributed by atoms with Gasteiger partial charge in [0.15, 0.2) is 0 Å². The molecule has 1 amide bonds. The molecule has 0 aromatic heterocycles. The van der Waals surface area contributed by atoms with Gasteiger partial charge in [0, 0.05) is 0 Å². The Kier molecular flexibility index (Phi) is 3.30. The molecular weight excluding hydrogens is 270 g/mol. The third-order valence-electron chi connectivity index (χ3n) is 2.79. The Bertz CT molecular complexity index is 376. The third kappa shape index (κ3) is 2.44. The molecule has 0 aliphatic heterocycles. The first-order valence-electron chi connectivity index (χ1n) is 5.31. The van der Waals surface area contributed by atoms with E-state index in [1.54, 1.807) is 0 Å². The second-order valence-corrected chi connectivity index (χ2v) is 5.60. The zero-order valence-corrected chi connectivity index (χ0v) is 10.4. The van der Waals surface area contributed by atoms with Crippen LogP contribution in [-0.2, 0) is 4.79 Å². The maximum absolute atomic E-state index is 11.8. The summed E-state index contributed by atoms with van der Waals surface area (Å²) in [5, 5.41) is 12.1. The van der Waals surface area contributed by atoms with Crippen molar-refractivity contribution in [3.05, 3.63) is 35.9 Å². The van der Waals surface area contributed by atoms with E-state index in [9.17, 15) is 9.90 Å². The molecule has 1 atom stereocenters. The molecule has 0 heterocycles. The normalized spacial score (nSPS) is 18.9. The lowest BCUT2D eigenvalue weighted by Gasteiger charge is -2.18. The minimum Gasteiger partial charge on any atom is -0.394 e. The molecule has 1 aromatic carbocycles. The molecule has 1 aromatic rings. The van der Waals surface area contributed by atoms with E-state index in [2.05, 4.69) is 21.2 Å². The van der Waals surface area contributed by atoms with Crippen LogP contribution in [0.15, 0.2) is 30.3 Å². The Labute approximate surface area is 103 Å². The van der Waals surface area contributed by atoms with E-state index in [0.717, 1.165) is 18.4 Å². The first-order chi connectivity index (χ1) is 7.65. The predicted octanol–water partition coefficient (Wildman–Crippen LogP) is 1.76. The van der Waals surface area contributed by atoms with Crippen LogP contribution in [0.2, 0.25) is 0 Å². The highest BCUT2D eigenvalue weighted by molar-refractivity contribution is 9.10. The Morgan fingerprint density at radius 1 is 1.44 bits per heavy atom. The van der Waals surface area contributed by atoms with Crippen LogP contribution in [0, 0.1) is 0 Å². The SMILES string of the molecule is O=C(N[C@@H](CO)c1ccccc1)C1(Br)CC1. The number of aliphatic hydroxyl groups is 1. The predicted molar refractivity (Wildman–Crippen MR) is 65.3 cm³/mol. The van der Waals surface area contributed by atoms with Crippen molar-refractivity contribution in [1.82, 2.24) is 5.32 Å². The van der Waals surface area contributed by atoms with Gasteiger partial charge in [0.1, 0.15) is 4.32 Å². The monoisotopic (exact) mass is 283 g/mol. The lowest BCUT2D eigenvalue weighted by molar-refractivity contribution is -0.122. The van der Waals surface area contributed by atoms with E-state index < -0.39 is 0 Å². The maximum Gasteiger partial charge on any atom is 0.237 e. The van der Waals surface area contributed by atoms with Crippen LogP contribution < -0.4 is 5.32 Å². The first-order valence-corrected chi connectivity index (χ1v) is 6.11. The van der Waals surface area contributed by atoms with Gasteiger partial charge in [-0.2, -0.15) is 0 Å². The summed E-state index contributed by atoms with van der Waals surface area (Å²) in [7, 11) is 0. The van der Waals surface area contributed by atoms with Gasteiger partial charge in [-0.05, 0) is 18.4 Å². The molecule has 16 heavy (non-hydrogen) atoms. The fourth-order valence-corrected chi connectivity index (χ4v) is 1.86. The number of carbonyl (C=O) groups is 1. The minimum absolute atomic E-state index is 0.0320. The molecule has 2 rings (SSSR count). The van der Waals surface area contributed by atoms with Gasteiger partial charge in [-0.3, -0.25) is 4.79 Å². The van der Waals surface area contributed by atoms with Crippen molar-refractivity contribution in [2.75, 3.05) is 6.61 Å². The van der Waals surface area contributed by atoms with Gasteiger partial charge in [0.2, 0.25) is 5.91 Å². The van der Waals surface area contributed by atoms with Crippen LogP contribution in [0.1, 0.15) is 24.4 Å². The fraction of sp³-hybridized carbons (Fsp3) is 0.417. The molecule has 0 spiro atoms. The largest absolute Gasteiger partial charge is 0.394 e. The fourth-order valence-electron chi connectivity index (χ4n) is 1.54. The summed E-state index contributed by atoms with van der Waals surface area (Å²) in [6.45, 7) is -0.0845. The highest BCUT2D eigenvalue weighted by Crippen LogP contribution is 2.44. The zero-order chi connectivity index (χ0) is 11.6. The Balaban J connectivity index is 2.04. The van der Waals surface area contributed by atoms with Crippen LogP contribution in [0.4, 0.5) is 0 Å². The van der Waals surface area contributed by atoms with Crippen molar-refractivity contribution < 1.29 is 9.90 Å². The molecular formula is C12H14BrNO2. The lowest BCUT2D eigenvalue weighted by atomic mass is 10.1. The van der Waals surface area contributed by atoms with Crippen molar-refractivity contribution in [1.29, 1.82) is 0 Å². The Morgan fingerprint density at radius 2 is 2.06 bits per heavy atom. The van der Waals surface area contributed by atoms with Crippen molar-refractivity contribution in [2.24, 2.45) is 0 Å². The second kappa shape index (κ2) is 4.55. The number of nitrogens with one attached hydrogen (secondary N) is 1. The third-order valence-corrected chi connectivity index (χ3v) is 3.94. The molecule has 0 unspecified atom stereocenters. The smallest absolute Gasteiger partial charge is 0.237 e. The van der Waals surface area contributed by atoms with E-state index in [0.29, 0.717) is 0 Å². The minimum atomic E-state index is -0.380. The molecule has 1 aliphatic rings. The van der Waals surface area contributed by atoms with Gasteiger partial charge in [-0.15, -0.1) is 0 Å². The van der Waals surface area contributed by atoms with Gasteiger partial charge in [-0.1, -0.05) is 46.3 Å². The molecule has 2 N–H and O–H groups in total. The van der Waals surface area contributed by atoms with Crippen LogP contribution in [0.3, 0.4) is 0 Å². The highest BCUT2D eigenvalue weighted by Gasteiger charge is 2.47. The van der Waals surface area contributed by atoms with Crippen molar-refractivity contribution in [2.45, 2.75) is 23.2 Å². The van der Waals surface area contributed by atoms with Crippen LogP contribution in [-0.4, -0.2) is 21.9 Å². The average Bonchev–Trinajstić information content (AvgIpc) is 3.06. The van der Waals surface area contributed by atoms with Crippen LogP contribution in [0.5, 0.6) is 0 Å². The van der Waals surface area contributed by atoms with Crippen molar-refractivity contribution in [3.8, 4) is 0 Å². The highest BCUT2D eigenvalue weighted by atomic mass is 79.9. The van der Waals surface area contributed by atoms with Gasteiger partial charge < -0.3 is 10.4 Å². The van der Waals surface area contributed by atoms with E-state index in [-0.39, 0.29) is 22.9 Å². The van der Waals surface area contributed by atoms with Gasteiger partial charge in [0.05, 0.1) is 12.6 Å². The average molecular weight is 284 g/mol. The van der Waals surface area contributed by atoms with Crippen LogP contribution >= 0.6 is 15.9 Å². The molecule has 4 heteroatoms. The number of benzene rings is 1. The zero-order valence-electron chi connectivity index (χ0n) is 8.82. The Hall–Kier alpha value is -0.870. The summed E-state index contributed by atoms with van der Waals surface area (Å²) in [6.07, 6.45) is 1.73. The molecule has 86 valence electrons. The number of carbonyl (C=O) groups excluding carboxylic acids is 1. The second-order valence-electron chi connectivity index (χ2n) is 4.08. The van der Waals surface area contributed by atoms with Crippen LogP contribution in [0.25, 0.3) is 0 Å². The quantitative estimate of drug-likeness (QED) is 0.828. The summed E-state index contributed by atoms with van der Waals surface area (Å²) in [6, 6.07) is 9.18. The molecule has 1 saturated carbocycles. The number of halogens is 1. The van der Waals surface area contributed by atoms with Crippen molar-refractivity contribution in [3.63, 3.8) is 0 Å².